The van der Waals surface area contributed by atoms with Gasteiger partial charge in [-0.2, -0.15) is 0 Å². The summed E-state index contributed by atoms with van der Waals surface area (Å²) in [5, 5.41) is 2.78. The summed E-state index contributed by atoms with van der Waals surface area (Å²) >= 11 is 2.20. The number of nitrogens with one attached hydrogen (secondary N) is 1. The first-order valence-corrected chi connectivity index (χ1v) is 11.3. The molecule has 1 aliphatic rings. The summed E-state index contributed by atoms with van der Waals surface area (Å²) in [6.45, 7) is 9.23. The number of amides is 3. The number of hydrogen-bond donors (Lipinski definition) is 2. The van der Waals surface area contributed by atoms with Crippen molar-refractivity contribution >= 4 is 40.5 Å². The van der Waals surface area contributed by atoms with Crippen molar-refractivity contribution in [2.45, 2.75) is 77.6 Å². The lowest BCUT2D eigenvalue weighted by atomic mass is 9.86. The molecule has 0 aromatic heterocycles. The van der Waals surface area contributed by atoms with Gasteiger partial charge in [-0.25, -0.2) is 4.79 Å². The third-order valence-electron chi connectivity index (χ3n) is 5.24. The van der Waals surface area contributed by atoms with Gasteiger partial charge in [-0.3, -0.25) is 14.5 Å². The number of benzene rings is 1. The molecule has 1 fully saturated rings. The van der Waals surface area contributed by atoms with Crippen LogP contribution in [0.4, 0.5) is 4.79 Å². The topological polar surface area (TPSA) is 102 Å². The van der Waals surface area contributed by atoms with Gasteiger partial charge in [0.2, 0.25) is 11.8 Å². The van der Waals surface area contributed by atoms with E-state index in [1.54, 1.807) is 20.8 Å². The Bertz CT molecular complexity index is 776. The van der Waals surface area contributed by atoms with Gasteiger partial charge in [-0.15, -0.1) is 0 Å². The van der Waals surface area contributed by atoms with Crippen LogP contribution < -0.4 is 11.1 Å². The molecule has 3 amide bonds. The quantitative estimate of drug-likeness (QED) is 0.572. The fraction of sp³-hybridized carbons (Fsp3) is 0.591. The molecule has 3 N–H and O–H groups in total. The minimum Gasteiger partial charge on any atom is -0.444 e. The van der Waals surface area contributed by atoms with Gasteiger partial charge >= 0.3 is 6.09 Å². The second kappa shape index (κ2) is 9.98. The van der Waals surface area contributed by atoms with E-state index in [4.69, 9.17) is 10.5 Å². The Labute approximate surface area is 192 Å². The van der Waals surface area contributed by atoms with Crippen molar-refractivity contribution in [3.8, 4) is 0 Å². The lowest BCUT2D eigenvalue weighted by molar-refractivity contribution is -0.134. The van der Waals surface area contributed by atoms with E-state index in [0.29, 0.717) is 6.42 Å². The third kappa shape index (κ3) is 6.58. The third-order valence-corrected chi connectivity index (χ3v) is 5.96. The second-order valence-corrected chi connectivity index (χ2v) is 10.3. The Balaban J connectivity index is 2.21. The molecule has 0 unspecified atom stereocenters. The van der Waals surface area contributed by atoms with Crippen LogP contribution in [0.1, 0.15) is 53.0 Å². The molecule has 1 saturated heterocycles. The minimum absolute atomic E-state index is 0.0689. The highest BCUT2D eigenvalue weighted by molar-refractivity contribution is 14.1. The van der Waals surface area contributed by atoms with Crippen LogP contribution in [0, 0.1) is 9.49 Å². The molecular weight excluding hydrogens is 497 g/mol. The van der Waals surface area contributed by atoms with Crippen molar-refractivity contribution in [2.75, 3.05) is 0 Å². The molecule has 2 rings (SSSR count). The molecule has 1 aromatic rings. The number of hydrogen-bond acceptors (Lipinski definition) is 4. The van der Waals surface area contributed by atoms with E-state index < -0.39 is 29.7 Å². The molecule has 8 heteroatoms. The van der Waals surface area contributed by atoms with E-state index in [0.717, 1.165) is 22.0 Å². The van der Waals surface area contributed by atoms with Gasteiger partial charge in [0, 0.05) is 16.0 Å². The molecule has 7 nitrogen and oxygen atoms in total. The maximum Gasteiger partial charge on any atom is 0.411 e. The van der Waals surface area contributed by atoms with Gasteiger partial charge in [-0.1, -0.05) is 19.1 Å². The fourth-order valence-electron chi connectivity index (χ4n) is 3.68. The van der Waals surface area contributed by atoms with Crippen LogP contribution >= 0.6 is 22.6 Å². The van der Waals surface area contributed by atoms with E-state index >= 15 is 0 Å². The molecule has 0 bridgehead atoms. The van der Waals surface area contributed by atoms with Crippen LogP contribution in [0.2, 0.25) is 0 Å². The average molecular weight is 529 g/mol. The van der Waals surface area contributed by atoms with E-state index in [1.807, 2.05) is 38.1 Å². The normalized spacial score (nSPS) is 22.9. The molecule has 0 radical (unpaired) electrons. The number of nitrogens with two attached hydrogens (primary N) is 1. The Morgan fingerprint density at radius 2 is 1.80 bits per heavy atom. The van der Waals surface area contributed by atoms with Crippen molar-refractivity contribution in [2.24, 2.45) is 11.7 Å². The molecule has 0 spiro atoms. The van der Waals surface area contributed by atoms with Gasteiger partial charge in [0.25, 0.3) is 0 Å². The molecule has 0 aliphatic carbocycles. The number of nitrogens with zero attached hydrogens (tertiary/aromatic N) is 1. The first-order chi connectivity index (χ1) is 13.9. The zero-order valence-corrected chi connectivity index (χ0v) is 20.4. The van der Waals surface area contributed by atoms with Gasteiger partial charge < -0.3 is 15.8 Å². The molecule has 4 atom stereocenters. The number of carbonyl (C=O) groups is 3. The van der Waals surface area contributed by atoms with Crippen molar-refractivity contribution in [3.05, 3.63) is 33.4 Å². The first kappa shape index (κ1) is 24.4. The van der Waals surface area contributed by atoms with Crippen LogP contribution in [0.5, 0.6) is 0 Å². The highest BCUT2D eigenvalue weighted by Gasteiger charge is 2.43. The molecule has 166 valence electrons. The summed E-state index contributed by atoms with van der Waals surface area (Å²) in [4.78, 5) is 39.6. The summed E-state index contributed by atoms with van der Waals surface area (Å²) in [5.74, 6) is -1.06. The van der Waals surface area contributed by atoms with Crippen LogP contribution in [0.25, 0.3) is 0 Å². The van der Waals surface area contributed by atoms with E-state index in [-0.39, 0.29) is 17.9 Å². The van der Waals surface area contributed by atoms with Crippen LogP contribution in [-0.2, 0) is 20.7 Å². The number of primary amides is 1. The number of halogens is 1. The van der Waals surface area contributed by atoms with Gasteiger partial charge in [-0.05, 0) is 86.7 Å². The number of rotatable bonds is 5. The van der Waals surface area contributed by atoms with Crippen molar-refractivity contribution in [1.82, 2.24) is 10.2 Å². The Morgan fingerprint density at radius 3 is 2.33 bits per heavy atom. The van der Waals surface area contributed by atoms with Gasteiger partial charge in [0.15, 0.2) is 0 Å². The maximum atomic E-state index is 13.2. The molecule has 1 aliphatic heterocycles. The number of carbonyl (C=O) groups excluding carboxylic acids is 3. The monoisotopic (exact) mass is 529 g/mol. The maximum absolute atomic E-state index is 13.2. The Hall–Kier alpha value is -1.84. The Kier molecular flexibility index (Phi) is 8.13. The highest BCUT2D eigenvalue weighted by Crippen LogP contribution is 2.30. The van der Waals surface area contributed by atoms with Crippen LogP contribution in [-0.4, -0.2) is 46.5 Å². The molecule has 0 saturated carbocycles. The molecule has 1 aromatic carbocycles. The smallest absolute Gasteiger partial charge is 0.411 e. The summed E-state index contributed by atoms with van der Waals surface area (Å²) in [5.41, 5.74) is 5.80. The van der Waals surface area contributed by atoms with E-state index in [2.05, 4.69) is 27.9 Å². The Morgan fingerprint density at radius 1 is 1.20 bits per heavy atom. The minimum atomic E-state index is -0.859. The first-order valence-electron chi connectivity index (χ1n) is 10.2. The van der Waals surface area contributed by atoms with Crippen molar-refractivity contribution in [1.29, 1.82) is 0 Å². The van der Waals surface area contributed by atoms with Gasteiger partial charge in [0.1, 0.15) is 17.7 Å². The predicted molar refractivity (Wildman–Crippen MR) is 124 cm³/mol. The van der Waals surface area contributed by atoms with Crippen LogP contribution in [0.15, 0.2) is 24.3 Å². The summed E-state index contributed by atoms with van der Waals surface area (Å²) in [7, 11) is 0. The predicted octanol–water partition coefficient (Wildman–Crippen LogP) is 3.23. The number of likely N-dealkylation sites (tertiary alicyclic amines) is 1. The summed E-state index contributed by atoms with van der Waals surface area (Å²) in [6, 6.07) is 5.96. The SMILES string of the molecule is C[C@@H]1CC[C@H](C)N(C(=O)OC(C)(C)C)[C@@H]1C(=O)N[C@@H](Cc1ccc(I)cc1)C(N)=O. The molecule has 30 heavy (non-hydrogen) atoms. The second-order valence-electron chi connectivity index (χ2n) is 9.03. The number of ether oxygens (including phenoxy) is 1. The van der Waals surface area contributed by atoms with Crippen molar-refractivity contribution in [3.63, 3.8) is 0 Å². The number of piperidine rings is 1. The highest BCUT2D eigenvalue weighted by atomic mass is 127. The molecular formula is C22H32IN3O4. The van der Waals surface area contributed by atoms with E-state index in [9.17, 15) is 14.4 Å². The standard InChI is InChI=1S/C22H32IN3O4/c1-13-6-7-14(2)26(21(29)30-22(3,4)5)18(13)20(28)25-17(19(24)27)12-15-8-10-16(23)11-9-15/h8-11,13-14,17-18H,6-7,12H2,1-5H3,(H2,24,27)(H,25,28)/t13-,14+,17+,18+/m1/s1. The van der Waals surface area contributed by atoms with E-state index in [1.165, 1.54) is 4.90 Å². The zero-order valence-electron chi connectivity index (χ0n) is 18.3. The zero-order chi connectivity index (χ0) is 22.6. The molecule has 1 heterocycles. The average Bonchev–Trinajstić information content (AvgIpc) is 2.62. The largest absolute Gasteiger partial charge is 0.444 e. The fourth-order valence-corrected chi connectivity index (χ4v) is 4.04. The van der Waals surface area contributed by atoms with Gasteiger partial charge in [0.05, 0.1) is 0 Å². The van der Waals surface area contributed by atoms with Crippen molar-refractivity contribution < 1.29 is 19.1 Å². The summed E-state index contributed by atoms with van der Waals surface area (Å²) in [6.07, 6.45) is 1.36. The lowest BCUT2D eigenvalue weighted by Crippen LogP contribution is -2.61. The summed E-state index contributed by atoms with van der Waals surface area (Å²) < 4.78 is 6.63. The lowest BCUT2D eigenvalue weighted by Gasteiger charge is -2.43. The van der Waals surface area contributed by atoms with Crippen LogP contribution in [0.3, 0.4) is 0 Å².